The van der Waals surface area contributed by atoms with E-state index in [9.17, 15) is 0 Å². The van der Waals surface area contributed by atoms with E-state index >= 15 is 0 Å². The van der Waals surface area contributed by atoms with E-state index in [0.29, 0.717) is 0 Å². The SMILES string of the molecule is C=c1cc/c(=C/C)c2c(C)ccc(/C=C\C)c12. The van der Waals surface area contributed by atoms with Crippen molar-refractivity contribution in [3.63, 3.8) is 0 Å². The molecule has 0 fully saturated rings. The van der Waals surface area contributed by atoms with Crippen LogP contribution in [0.25, 0.3) is 29.5 Å². The quantitative estimate of drug-likeness (QED) is 0.694. The van der Waals surface area contributed by atoms with Gasteiger partial charge in [-0.25, -0.2) is 0 Å². The molecular weight excluding hydrogens is 204 g/mol. The summed E-state index contributed by atoms with van der Waals surface area (Å²) in [5.74, 6) is 0. The minimum absolute atomic E-state index is 1.10. The lowest BCUT2D eigenvalue weighted by molar-refractivity contribution is 1.49. The molecule has 2 aromatic rings. The molecule has 0 heteroatoms. The van der Waals surface area contributed by atoms with E-state index in [2.05, 4.69) is 62.9 Å². The minimum atomic E-state index is 1.10. The third kappa shape index (κ3) is 1.91. The van der Waals surface area contributed by atoms with E-state index < -0.39 is 0 Å². The Labute approximate surface area is 103 Å². The zero-order valence-corrected chi connectivity index (χ0v) is 10.7. The molecular formula is C17H18. The summed E-state index contributed by atoms with van der Waals surface area (Å²) in [4.78, 5) is 0. The molecule has 0 saturated heterocycles. The molecule has 0 unspecified atom stereocenters. The normalized spacial score (nSPS) is 12.8. The van der Waals surface area contributed by atoms with Crippen LogP contribution in [0.4, 0.5) is 0 Å². The highest BCUT2D eigenvalue weighted by Gasteiger charge is 2.03. The van der Waals surface area contributed by atoms with Crippen LogP contribution in [0.1, 0.15) is 25.0 Å². The van der Waals surface area contributed by atoms with Gasteiger partial charge in [0.15, 0.2) is 0 Å². The fourth-order valence-corrected chi connectivity index (χ4v) is 2.36. The fraction of sp³-hybridized carbons (Fsp3) is 0.176. The van der Waals surface area contributed by atoms with Crippen molar-refractivity contribution in [1.82, 2.24) is 0 Å². The first-order valence-electron chi connectivity index (χ1n) is 5.99. The van der Waals surface area contributed by atoms with Crippen LogP contribution in [0.3, 0.4) is 0 Å². The molecule has 0 aliphatic rings. The standard InChI is InChI=1S/C17H18/c1-5-7-15-11-9-12(3)16-14(6-2)10-8-13(4)17(15)16/h5-11H,4H2,1-3H3/b7-5-,14-6-. The van der Waals surface area contributed by atoms with E-state index in [1.807, 2.05) is 6.92 Å². The first-order chi connectivity index (χ1) is 8.19. The highest BCUT2D eigenvalue weighted by atomic mass is 14.1. The first kappa shape index (κ1) is 11.7. The number of fused-ring (bicyclic) bond motifs is 1. The molecule has 2 rings (SSSR count). The van der Waals surface area contributed by atoms with E-state index in [-0.39, 0.29) is 0 Å². The number of aryl methyl sites for hydroxylation is 1. The molecule has 0 radical (unpaired) electrons. The minimum Gasteiger partial charge on any atom is -0.0911 e. The first-order valence-corrected chi connectivity index (χ1v) is 5.99. The molecule has 17 heavy (non-hydrogen) atoms. The van der Waals surface area contributed by atoms with Gasteiger partial charge in [0, 0.05) is 0 Å². The number of hydrogen-bond donors (Lipinski definition) is 0. The van der Waals surface area contributed by atoms with Crippen LogP contribution in [-0.4, -0.2) is 0 Å². The second-order valence-corrected chi connectivity index (χ2v) is 4.32. The number of rotatable bonds is 1. The molecule has 0 saturated carbocycles. The second kappa shape index (κ2) is 4.58. The van der Waals surface area contributed by atoms with Gasteiger partial charge >= 0.3 is 0 Å². The van der Waals surface area contributed by atoms with Crippen LogP contribution in [-0.2, 0) is 0 Å². The van der Waals surface area contributed by atoms with Gasteiger partial charge < -0.3 is 0 Å². The summed E-state index contributed by atoms with van der Waals surface area (Å²) in [5, 5.41) is 4.99. The predicted molar refractivity (Wildman–Crippen MR) is 78.3 cm³/mol. The molecule has 0 heterocycles. The van der Waals surface area contributed by atoms with Crippen molar-refractivity contribution in [2.75, 3.05) is 0 Å². The van der Waals surface area contributed by atoms with E-state index in [0.717, 1.165) is 5.22 Å². The Kier molecular flexibility index (Phi) is 3.14. The van der Waals surface area contributed by atoms with Crippen LogP contribution in [0.2, 0.25) is 0 Å². The lowest BCUT2D eigenvalue weighted by Gasteiger charge is -2.08. The van der Waals surface area contributed by atoms with Crippen molar-refractivity contribution in [3.8, 4) is 0 Å². The lowest BCUT2D eigenvalue weighted by Crippen LogP contribution is -2.12. The fourth-order valence-electron chi connectivity index (χ4n) is 2.36. The van der Waals surface area contributed by atoms with Crippen LogP contribution in [0.15, 0.2) is 30.3 Å². The van der Waals surface area contributed by atoms with Crippen molar-refractivity contribution >= 4 is 29.5 Å². The molecule has 0 spiro atoms. The Hall–Kier alpha value is -1.82. The van der Waals surface area contributed by atoms with E-state index in [1.165, 1.54) is 27.1 Å². The van der Waals surface area contributed by atoms with Gasteiger partial charge in [-0.3, -0.25) is 0 Å². The Morgan fingerprint density at radius 2 is 1.76 bits per heavy atom. The summed E-state index contributed by atoms with van der Waals surface area (Å²) in [6.45, 7) is 10.4. The molecule has 0 aliphatic heterocycles. The van der Waals surface area contributed by atoms with Gasteiger partial charge in [-0.2, -0.15) is 0 Å². The summed E-state index contributed by atoms with van der Waals surface area (Å²) in [6.07, 6.45) is 6.38. The third-order valence-electron chi connectivity index (χ3n) is 3.18. The predicted octanol–water partition coefficient (Wildman–Crippen LogP) is 3.39. The molecule has 0 nitrogen and oxygen atoms in total. The van der Waals surface area contributed by atoms with Gasteiger partial charge in [-0.05, 0) is 53.1 Å². The maximum Gasteiger partial charge on any atom is -0.00363 e. The lowest BCUT2D eigenvalue weighted by atomic mass is 9.96. The van der Waals surface area contributed by atoms with Gasteiger partial charge in [0.25, 0.3) is 0 Å². The molecule has 2 aromatic carbocycles. The number of hydrogen-bond acceptors (Lipinski definition) is 0. The largest absolute Gasteiger partial charge is 0.0911 e. The Bertz CT molecular complexity index is 688. The Morgan fingerprint density at radius 3 is 2.41 bits per heavy atom. The van der Waals surface area contributed by atoms with Gasteiger partial charge in [0.2, 0.25) is 0 Å². The van der Waals surface area contributed by atoms with Gasteiger partial charge in [-0.15, -0.1) is 0 Å². The molecule has 0 N–H and O–H groups in total. The average Bonchev–Trinajstić information content (AvgIpc) is 2.33. The number of allylic oxidation sites excluding steroid dienone is 1. The monoisotopic (exact) mass is 222 g/mol. The molecule has 0 amide bonds. The smallest absolute Gasteiger partial charge is 0.00363 e. The van der Waals surface area contributed by atoms with Crippen molar-refractivity contribution in [1.29, 1.82) is 0 Å². The van der Waals surface area contributed by atoms with Gasteiger partial charge in [0.1, 0.15) is 0 Å². The molecule has 0 aliphatic carbocycles. The maximum absolute atomic E-state index is 4.16. The molecule has 0 aromatic heterocycles. The van der Waals surface area contributed by atoms with Crippen LogP contribution in [0.5, 0.6) is 0 Å². The van der Waals surface area contributed by atoms with Crippen molar-refractivity contribution in [2.24, 2.45) is 0 Å². The summed E-state index contributed by atoms with van der Waals surface area (Å²) in [5.41, 5.74) is 2.56. The topological polar surface area (TPSA) is 0 Å². The van der Waals surface area contributed by atoms with Crippen molar-refractivity contribution < 1.29 is 0 Å². The van der Waals surface area contributed by atoms with Crippen LogP contribution < -0.4 is 10.4 Å². The molecule has 86 valence electrons. The maximum atomic E-state index is 4.16. The van der Waals surface area contributed by atoms with E-state index in [4.69, 9.17) is 0 Å². The van der Waals surface area contributed by atoms with Crippen LogP contribution in [0, 0.1) is 6.92 Å². The second-order valence-electron chi connectivity index (χ2n) is 4.32. The summed E-state index contributed by atoms with van der Waals surface area (Å²) in [6, 6.07) is 8.61. The van der Waals surface area contributed by atoms with Crippen molar-refractivity contribution in [2.45, 2.75) is 20.8 Å². The van der Waals surface area contributed by atoms with Gasteiger partial charge in [-0.1, -0.05) is 49.1 Å². The van der Waals surface area contributed by atoms with Gasteiger partial charge in [0.05, 0.1) is 0 Å². The molecule has 0 bridgehead atoms. The highest BCUT2D eigenvalue weighted by molar-refractivity contribution is 5.93. The Balaban J connectivity index is 3.11. The summed E-state index contributed by atoms with van der Waals surface area (Å²) >= 11 is 0. The van der Waals surface area contributed by atoms with Crippen LogP contribution >= 0.6 is 0 Å². The number of benzene rings is 2. The van der Waals surface area contributed by atoms with E-state index in [1.54, 1.807) is 0 Å². The third-order valence-corrected chi connectivity index (χ3v) is 3.18. The van der Waals surface area contributed by atoms with Crippen molar-refractivity contribution in [3.05, 3.63) is 51.9 Å². The summed E-state index contributed by atoms with van der Waals surface area (Å²) in [7, 11) is 0. The zero-order valence-electron chi connectivity index (χ0n) is 10.7. The zero-order chi connectivity index (χ0) is 12.4. The average molecular weight is 222 g/mol. The Morgan fingerprint density at radius 1 is 1.00 bits per heavy atom. The summed E-state index contributed by atoms with van der Waals surface area (Å²) < 4.78 is 0. The highest BCUT2D eigenvalue weighted by Crippen LogP contribution is 2.17. The molecule has 0 atom stereocenters.